The molecule has 2 fully saturated rings. The van der Waals surface area contributed by atoms with Gasteiger partial charge >= 0.3 is 0 Å². The topological polar surface area (TPSA) is 62.5 Å². The smallest absolute Gasteiger partial charge is 0.264 e. The first-order valence-corrected chi connectivity index (χ1v) is 12.0. The number of benzene rings is 1. The molecule has 3 aromatic rings. The Kier molecular flexibility index (Phi) is 5.63. The van der Waals surface area contributed by atoms with Crippen LogP contribution >= 0.6 is 11.3 Å². The molecule has 1 aromatic carbocycles. The molecule has 3 heterocycles. The molecule has 2 aromatic heterocycles. The molecule has 7 heteroatoms. The van der Waals surface area contributed by atoms with Crippen molar-refractivity contribution in [2.24, 2.45) is 0 Å². The van der Waals surface area contributed by atoms with Crippen LogP contribution in [-0.4, -0.2) is 52.0 Å². The molecule has 0 unspecified atom stereocenters. The highest BCUT2D eigenvalue weighted by Gasteiger charge is 2.41. The van der Waals surface area contributed by atoms with Crippen molar-refractivity contribution < 1.29 is 9.32 Å². The van der Waals surface area contributed by atoms with Crippen molar-refractivity contribution in [3.63, 3.8) is 0 Å². The average molecular weight is 437 g/mol. The van der Waals surface area contributed by atoms with E-state index in [4.69, 9.17) is 9.51 Å². The first-order valence-electron chi connectivity index (χ1n) is 11.1. The fraction of sp³-hybridized carbons (Fsp3) is 0.458. The first-order chi connectivity index (χ1) is 15.1. The van der Waals surface area contributed by atoms with Crippen molar-refractivity contribution in [2.45, 2.75) is 44.6 Å². The molecule has 0 bridgehead atoms. The van der Waals surface area contributed by atoms with E-state index in [-0.39, 0.29) is 11.3 Å². The lowest BCUT2D eigenvalue weighted by atomic mass is 9.78. The second-order valence-electron chi connectivity index (χ2n) is 8.71. The Morgan fingerprint density at radius 1 is 1.10 bits per heavy atom. The summed E-state index contributed by atoms with van der Waals surface area (Å²) >= 11 is 1.50. The molecule has 1 aliphatic heterocycles. The number of nitrogens with zero attached hydrogens (tertiary/aromatic N) is 4. The Morgan fingerprint density at radius 3 is 2.52 bits per heavy atom. The van der Waals surface area contributed by atoms with Gasteiger partial charge in [0.1, 0.15) is 0 Å². The van der Waals surface area contributed by atoms with Gasteiger partial charge in [0.15, 0.2) is 5.82 Å². The van der Waals surface area contributed by atoms with E-state index in [0.29, 0.717) is 12.4 Å². The van der Waals surface area contributed by atoms with Crippen LogP contribution < -0.4 is 0 Å². The second kappa shape index (κ2) is 8.55. The molecule has 1 aliphatic carbocycles. The van der Waals surface area contributed by atoms with Crippen molar-refractivity contribution in [1.29, 1.82) is 0 Å². The number of hydrogen-bond acceptors (Lipinski definition) is 6. The minimum atomic E-state index is -0.124. The minimum absolute atomic E-state index is 0.124. The average Bonchev–Trinajstić information content (AvgIpc) is 3.56. The van der Waals surface area contributed by atoms with Crippen LogP contribution in [0.25, 0.3) is 0 Å². The summed E-state index contributed by atoms with van der Waals surface area (Å²) in [5.41, 5.74) is 2.44. The number of amides is 1. The SMILES string of the molecule is Cc1ccc(C2(c3noc(CN4CCN(C(=O)c5cccs5)CC4)n3)CCCC2)cc1. The van der Waals surface area contributed by atoms with Gasteiger partial charge in [-0.05, 0) is 36.8 Å². The highest BCUT2D eigenvalue weighted by Crippen LogP contribution is 2.45. The highest BCUT2D eigenvalue weighted by molar-refractivity contribution is 7.12. The van der Waals surface area contributed by atoms with Crippen LogP contribution in [0, 0.1) is 6.92 Å². The molecule has 0 atom stereocenters. The highest BCUT2D eigenvalue weighted by atomic mass is 32.1. The predicted octanol–water partition coefficient (Wildman–Crippen LogP) is 4.26. The summed E-state index contributed by atoms with van der Waals surface area (Å²) in [5, 5.41) is 6.38. The van der Waals surface area contributed by atoms with E-state index in [0.717, 1.165) is 49.7 Å². The monoisotopic (exact) mass is 436 g/mol. The van der Waals surface area contributed by atoms with Crippen molar-refractivity contribution in [1.82, 2.24) is 19.9 Å². The van der Waals surface area contributed by atoms with Crippen molar-refractivity contribution in [3.05, 3.63) is 69.5 Å². The van der Waals surface area contributed by atoms with Crippen LogP contribution in [0.4, 0.5) is 0 Å². The van der Waals surface area contributed by atoms with Gasteiger partial charge in [-0.2, -0.15) is 4.98 Å². The number of carbonyl (C=O) groups excluding carboxylic acids is 1. The Bertz CT molecular complexity index is 1010. The van der Waals surface area contributed by atoms with Crippen LogP contribution in [0.15, 0.2) is 46.3 Å². The van der Waals surface area contributed by atoms with E-state index < -0.39 is 0 Å². The number of hydrogen-bond donors (Lipinski definition) is 0. The zero-order valence-electron chi connectivity index (χ0n) is 17.9. The summed E-state index contributed by atoms with van der Waals surface area (Å²) in [6.07, 6.45) is 4.52. The first kappa shape index (κ1) is 20.4. The zero-order chi connectivity index (χ0) is 21.3. The van der Waals surface area contributed by atoms with Gasteiger partial charge in [0.05, 0.1) is 16.8 Å². The lowest BCUT2D eigenvalue weighted by Crippen LogP contribution is -2.48. The largest absolute Gasteiger partial charge is 0.338 e. The molecular formula is C24H28N4O2S. The van der Waals surface area contributed by atoms with E-state index >= 15 is 0 Å². The Morgan fingerprint density at radius 2 is 1.84 bits per heavy atom. The number of piperazine rings is 1. The summed E-state index contributed by atoms with van der Waals surface area (Å²) in [4.78, 5) is 22.4. The molecule has 0 spiro atoms. The quantitative estimate of drug-likeness (QED) is 0.598. The number of rotatable bonds is 5. The normalized spacial score (nSPS) is 19.1. The third kappa shape index (κ3) is 4.04. The van der Waals surface area contributed by atoms with Gasteiger partial charge in [0, 0.05) is 26.2 Å². The van der Waals surface area contributed by atoms with E-state index in [1.165, 1.54) is 35.3 Å². The van der Waals surface area contributed by atoms with Crippen LogP contribution in [0.3, 0.4) is 0 Å². The number of aryl methyl sites for hydroxylation is 1. The van der Waals surface area contributed by atoms with E-state index in [1.54, 1.807) is 0 Å². The van der Waals surface area contributed by atoms with Crippen LogP contribution in [0.2, 0.25) is 0 Å². The molecule has 31 heavy (non-hydrogen) atoms. The number of thiophene rings is 1. The third-order valence-corrected chi connectivity index (χ3v) is 7.57. The van der Waals surface area contributed by atoms with Crippen LogP contribution in [-0.2, 0) is 12.0 Å². The molecule has 1 amide bonds. The van der Waals surface area contributed by atoms with Gasteiger partial charge in [-0.25, -0.2) is 0 Å². The maximum Gasteiger partial charge on any atom is 0.264 e. The molecule has 5 rings (SSSR count). The van der Waals surface area contributed by atoms with Crippen molar-refractivity contribution >= 4 is 17.2 Å². The molecule has 2 aliphatic rings. The van der Waals surface area contributed by atoms with E-state index in [1.807, 2.05) is 22.4 Å². The molecule has 6 nitrogen and oxygen atoms in total. The number of carbonyl (C=O) groups is 1. The van der Waals surface area contributed by atoms with Crippen molar-refractivity contribution in [3.8, 4) is 0 Å². The third-order valence-electron chi connectivity index (χ3n) is 6.71. The molecule has 162 valence electrons. The maximum absolute atomic E-state index is 12.5. The molecule has 0 radical (unpaired) electrons. The summed E-state index contributed by atoms with van der Waals surface area (Å²) in [6, 6.07) is 12.6. The zero-order valence-corrected chi connectivity index (χ0v) is 18.7. The van der Waals surface area contributed by atoms with Gasteiger partial charge in [-0.3, -0.25) is 9.69 Å². The Hall–Kier alpha value is -2.51. The fourth-order valence-corrected chi connectivity index (χ4v) is 5.55. The molecule has 0 N–H and O–H groups in total. The summed E-state index contributed by atoms with van der Waals surface area (Å²) in [5.74, 6) is 1.64. The van der Waals surface area contributed by atoms with Gasteiger partial charge < -0.3 is 9.42 Å². The van der Waals surface area contributed by atoms with Crippen LogP contribution in [0.1, 0.15) is 58.2 Å². The minimum Gasteiger partial charge on any atom is -0.338 e. The Balaban J connectivity index is 1.25. The van der Waals surface area contributed by atoms with Gasteiger partial charge in [0.2, 0.25) is 5.89 Å². The van der Waals surface area contributed by atoms with Crippen molar-refractivity contribution in [2.75, 3.05) is 26.2 Å². The maximum atomic E-state index is 12.5. The molecular weight excluding hydrogens is 408 g/mol. The lowest BCUT2D eigenvalue weighted by Gasteiger charge is -2.33. The second-order valence-corrected chi connectivity index (χ2v) is 9.66. The summed E-state index contributed by atoms with van der Waals surface area (Å²) in [6.45, 7) is 5.84. The lowest BCUT2D eigenvalue weighted by molar-refractivity contribution is 0.0620. The van der Waals surface area contributed by atoms with Gasteiger partial charge in [0.25, 0.3) is 5.91 Å². The van der Waals surface area contributed by atoms with E-state index in [9.17, 15) is 4.79 Å². The molecule has 1 saturated heterocycles. The van der Waals surface area contributed by atoms with Gasteiger partial charge in [-0.15, -0.1) is 11.3 Å². The predicted molar refractivity (Wildman–Crippen MR) is 120 cm³/mol. The fourth-order valence-electron chi connectivity index (χ4n) is 4.86. The standard InChI is InChI=1S/C24H28N4O2S/c1-18-6-8-19(9-7-18)24(10-2-3-11-24)23-25-21(30-26-23)17-27-12-14-28(15-13-27)22(29)20-5-4-16-31-20/h4-9,16H,2-3,10-15,17H2,1H3. The summed E-state index contributed by atoms with van der Waals surface area (Å²) in [7, 11) is 0. The Labute approximate surface area is 186 Å². The van der Waals surface area contributed by atoms with E-state index in [2.05, 4.69) is 41.2 Å². The van der Waals surface area contributed by atoms with Gasteiger partial charge in [-0.1, -0.05) is 53.9 Å². The number of aromatic nitrogens is 2. The molecule has 1 saturated carbocycles. The summed E-state index contributed by atoms with van der Waals surface area (Å²) < 4.78 is 5.70. The van der Waals surface area contributed by atoms with Crippen LogP contribution in [0.5, 0.6) is 0 Å².